The van der Waals surface area contributed by atoms with Crippen LogP contribution < -0.4 is 14.9 Å². The normalized spacial score (nSPS) is 16.6. The maximum absolute atomic E-state index is 11.3. The smallest absolute Gasteiger partial charge is 0.209 e. The second-order valence-electron chi connectivity index (χ2n) is 6.42. The fourth-order valence-electron chi connectivity index (χ4n) is 2.59. The molecule has 124 valence electrons. The molecular formula is C14H25N5O2S. The Morgan fingerprint density at radius 3 is 2.55 bits per heavy atom. The summed E-state index contributed by atoms with van der Waals surface area (Å²) in [5.41, 5.74) is -0.593. The summed E-state index contributed by atoms with van der Waals surface area (Å²) in [6.07, 6.45) is 6.37. The van der Waals surface area contributed by atoms with Crippen LogP contribution in [0.1, 0.15) is 33.1 Å². The highest BCUT2D eigenvalue weighted by molar-refractivity contribution is 7.88. The van der Waals surface area contributed by atoms with Gasteiger partial charge in [-0.05, 0) is 33.1 Å². The summed E-state index contributed by atoms with van der Waals surface area (Å²) < 4.78 is 25.3. The molecule has 0 aromatic carbocycles. The number of nitrogens with zero attached hydrogens (tertiary/aromatic N) is 3. The van der Waals surface area contributed by atoms with E-state index in [9.17, 15) is 8.42 Å². The monoisotopic (exact) mass is 327 g/mol. The van der Waals surface area contributed by atoms with Crippen molar-refractivity contribution in [3.05, 3.63) is 12.4 Å². The number of nitrogens with one attached hydrogen (secondary N) is 2. The Kier molecular flexibility index (Phi) is 5.23. The summed E-state index contributed by atoms with van der Waals surface area (Å²) >= 11 is 0. The van der Waals surface area contributed by atoms with Crippen molar-refractivity contribution in [2.45, 2.75) is 38.6 Å². The summed E-state index contributed by atoms with van der Waals surface area (Å²) in [5, 5.41) is 3.18. The first-order chi connectivity index (χ1) is 10.3. The molecule has 1 fully saturated rings. The van der Waals surface area contributed by atoms with Gasteiger partial charge in [-0.15, -0.1) is 0 Å². The number of anilines is 2. The molecule has 0 unspecified atom stereocenters. The Balaban J connectivity index is 1.98. The largest absolute Gasteiger partial charge is 0.368 e. The van der Waals surface area contributed by atoms with Gasteiger partial charge in [0.2, 0.25) is 10.0 Å². The van der Waals surface area contributed by atoms with Crippen LogP contribution >= 0.6 is 0 Å². The topological polar surface area (TPSA) is 87.2 Å². The molecule has 0 bridgehead atoms. The van der Waals surface area contributed by atoms with Crippen molar-refractivity contribution in [1.29, 1.82) is 0 Å². The summed E-state index contributed by atoms with van der Waals surface area (Å²) in [6, 6.07) is 1.92. The van der Waals surface area contributed by atoms with E-state index in [0.29, 0.717) is 12.4 Å². The molecule has 0 amide bonds. The lowest BCUT2D eigenvalue weighted by Crippen LogP contribution is -2.47. The fourth-order valence-corrected chi connectivity index (χ4v) is 3.67. The molecule has 2 rings (SSSR count). The van der Waals surface area contributed by atoms with Crippen molar-refractivity contribution in [2.75, 3.05) is 36.1 Å². The molecule has 1 aromatic heterocycles. The molecule has 0 saturated carbocycles. The highest BCUT2D eigenvalue weighted by atomic mass is 32.2. The first-order valence-corrected chi connectivity index (χ1v) is 9.44. The quantitative estimate of drug-likeness (QED) is 0.816. The third kappa shape index (κ3) is 5.42. The molecule has 8 heteroatoms. The Labute approximate surface area is 132 Å². The Morgan fingerprint density at radius 1 is 1.23 bits per heavy atom. The molecule has 22 heavy (non-hydrogen) atoms. The zero-order valence-corrected chi connectivity index (χ0v) is 14.3. The van der Waals surface area contributed by atoms with Crippen molar-refractivity contribution in [3.8, 4) is 0 Å². The van der Waals surface area contributed by atoms with Gasteiger partial charge in [0.1, 0.15) is 18.0 Å². The molecule has 0 spiro atoms. The summed E-state index contributed by atoms with van der Waals surface area (Å²) in [7, 11) is -3.24. The molecule has 0 atom stereocenters. The number of sulfonamides is 1. The van der Waals surface area contributed by atoms with Gasteiger partial charge in [-0.25, -0.2) is 23.1 Å². The van der Waals surface area contributed by atoms with E-state index in [1.54, 1.807) is 6.33 Å². The second-order valence-corrected chi connectivity index (χ2v) is 8.17. The highest BCUT2D eigenvalue weighted by Gasteiger charge is 2.22. The Bertz CT molecular complexity index is 597. The Morgan fingerprint density at radius 2 is 1.91 bits per heavy atom. The standard InChI is InChI=1S/C14H25N5O2S/c1-14(2,18-22(3,20)21)10-15-12-9-13(17-11-16-12)19-7-5-4-6-8-19/h9,11,18H,4-8,10H2,1-3H3,(H,15,16,17). The van der Waals surface area contributed by atoms with Gasteiger partial charge in [0.05, 0.1) is 6.26 Å². The summed E-state index contributed by atoms with van der Waals surface area (Å²) in [6.45, 7) is 6.15. The predicted molar refractivity (Wildman–Crippen MR) is 88.6 cm³/mol. The van der Waals surface area contributed by atoms with Crippen molar-refractivity contribution in [3.63, 3.8) is 0 Å². The number of rotatable bonds is 6. The van der Waals surface area contributed by atoms with Gasteiger partial charge in [-0.3, -0.25) is 0 Å². The number of aromatic nitrogens is 2. The zero-order chi connectivity index (χ0) is 16.2. The van der Waals surface area contributed by atoms with Crippen LogP contribution in [0.15, 0.2) is 12.4 Å². The molecule has 0 radical (unpaired) electrons. The van der Waals surface area contributed by atoms with Crippen molar-refractivity contribution >= 4 is 21.7 Å². The average molecular weight is 327 g/mol. The predicted octanol–water partition coefficient (Wildman–Crippen LogP) is 1.21. The molecule has 1 aliphatic rings. The average Bonchev–Trinajstić information content (AvgIpc) is 2.44. The maximum atomic E-state index is 11.3. The lowest BCUT2D eigenvalue weighted by molar-refractivity contribution is 0.476. The maximum Gasteiger partial charge on any atom is 0.209 e. The second kappa shape index (κ2) is 6.78. The molecule has 7 nitrogen and oxygen atoms in total. The van der Waals surface area contributed by atoms with Gasteiger partial charge in [-0.1, -0.05) is 0 Å². The SMILES string of the molecule is CC(C)(CNc1cc(N2CCCCC2)ncn1)NS(C)(=O)=O. The van der Waals surface area contributed by atoms with Crippen LogP contribution in [0.25, 0.3) is 0 Å². The first-order valence-electron chi connectivity index (χ1n) is 7.55. The molecule has 2 heterocycles. The van der Waals surface area contributed by atoms with E-state index in [4.69, 9.17) is 0 Å². The third-order valence-electron chi connectivity index (χ3n) is 3.51. The van der Waals surface area contributed by atoms with Gasteiger partial charge in [-0.2, -0.15) is 0 Å². The van der Waals surface area contributed by atoms with E-state index in [-0.39, 0.29) is 0 Å². The van der Waals surface area contributed by atoms with Gasteiger partial charge < -0.3 is 10.2 Å². The van der Waals surface area contributed by atoms with E-state index in [2.05, 4.69) is 24.9 Å². The van der Waals surface area contributed by atoms with Crippen LogP contribution in [0.4, 0.5) is 11.6 Å². The minimum atomic E-state index is -3.24. The molecule has 2 N–H and O–H groups in total. The minimum Gasteiger partial charge on any atom is -0.368 e. The van der Waals surface area contributed by atoms with Crippen LogP contribution in [0.5, 0.6) is 0 Å². The number of hydrogen-bond donors (Lipinski definition) is 2. The van der Waals surface area contributed by atoms with E-state index >= 15 is 0 Å². The summed E-state index contributed by atoms with van der Waals surface area (Å²) in [4.78, 5) is 10.8. The highest BCUT2D eigenvalue weighted by Crippen LogP contribution is 2.19. The lowest BCUT2D eigenvalue weighted by Gasteiger charge is -2.28. The van der Waals surface area contributed by atoms with Crippen LogP contribution in [0.2, 0.25) is 0 Å². The van der Waals surface area contributed by atoms with E-state index < -0.39 is 15.6 Å². The number of hydrogen-bond acceptors (Lipinski definition) is 6. The number of piperidine rings is 1. The zero-order valence-electron chi connectivity index (χ0n) is 13.5. The van der Waals surface area contributed by atoms with E-state index in [0.717, 1.165) is 25.2 Å². The van der Waals surface area contributed by atoms with Gasteiger partial charge in [0, 0.05) is 31.2 Å². The molecule has 0 aliphatic carbocycles. The van der Waals surface area contributed by atoms with Crippen molar-refractivity contribution in [2.24, 2.45) is 0 Å². The lowest BCUT2D eigenvalue weighted by atomic mass is 10.1. The molecular weight excluding hydrogens is 302 g/mol. The molecule has 1 aromatic rings. The van der Waals surface area contributed by atoms with Crippen LogP contribution in [-0.2, 0) is 10.0 Å². The van der Waals surface area contributed by atoms with Crippen molar-refractivity contribution < 1.29 is 8.42 Å². The van der Waals surface area contributed by atoms with Crippen LogP contribution in [-0.4, -0.2) is 49.8 Å². The van der Waals surface area contributed by atoms with Crippen molar-refractivity contribution in [1.82, 2.24) is 14.7 Å². The van der Waals surface area contributed by atoms with Gasteiger partial charge >= 0.3 is 0 Å². The van der Waals surface area contributed by atoms with Gasteiger partial charge in [0.15, 0.2) is 0 Å². The molecule has 1 saturated heterocycles. The first kappa shape index (κ1) is 17.0. The van der Waals surface area contributed by atoms with E-state index in [1.807, 2.05) is 19.9 Å². The van der Waals surface area contributed by atoms with Crippen LogP contribution in [0, 0.1) is 0 Å². The van der Waals surface area contributed by atoms with E-state index in [1.165, 1.54) is 19.3 Å². The molecule has 1 aliphatic heterocycles. The van der Waals surface area contributed by atoms with Crippen LogP contribution in [0.3, 0.4) is 0 Å². The summed E-state index contributed by atoms with van der Waals surface area (Å²) in [5.74, 6) is 1.63. The van der Waals surface area contributed by atoms with Gasteiger partial charge in [0.25, 0.3) is 0 Å². The minimum absolute atomic E-state index is 0.441. The third-order valence-corrected chi connectivity index (χ3v) is 4.43. The fraction of sp³-hybridized carbons (Fsp3) is 0.714. The Hall–Kier alpha value is -1.41.